The molecule has 2 aliphatic carbocycles. The van der Waals surface area contributed by atoms with Gasteiger partial charge in [0.2, 0.25) is 0 Å². The van der Waals surface area contributed by atoms with E-state index in [4.69, 9.17) is 4.42 Å². The molecule has 3 heteroatoms. The predicted octanol–water partition coefficient (Wildman–Crippen LogP) is 4.30. The standard InChI is InChI=1S/C19H23NO2/c1-11-3-5-15-10-18(22-17(15)7-11)19(21)20-12(2)16-9-13-4-6-14(16)8-13/h3,5,7,10,12-14,16H,4,6,8-9H2,1-2H3,(H,20,21). The number of hydrogen-bond acceptors (Lipinski definition) is 2. The molecule has 2 saturated carbocycles. The summed E-state index contributed by atoms with van der Waals surface area (Å²) in [6.45, 7) is 4.18. The maximum Gasteiger partial charge on any atom is 0.287 e. The summed E-state index contributed by atoms with van der Waals surface area (Å²) < 4.78 is 5.72. The highest BCUT2D eigenvalue weighted by Gasteiger charge is 2.42. The Hall–Kier alpha value is -1.77. The second kappa shape index (κ2) is 5.15. The lowest BCUT2D eigenvalue weighted by Gasteiger charge is -2.28. The van der Waals surface area contributed by atoms with Crippen LogP contribution in [0.2, 0.25) is 0 Å². The van der Waals surface area contributed by atoms with Gasteiger partial charge in [0.25, 0.3) is 5.91 Å². The molecule has 4 atom stereocenters. The first-order valence-electron chi connectivity index (χ1n) is 8.41. The van der Waals surface area contributed by atoms with E-state index in [1.807, 2.05) is 31.2 Å². The smallest absolute Gasteiger partial charge is 0.287 e. The molecule has 1 N–H and O–H groups in total. The van der Waals surface area contributed by atoms with Gasteiger partial charge in [0, 0.05) is 11.4 Å². The lowest BCUT2D eigenvalue weighted by atomic mass is 9.84. The quantitative estimate of drug-likeness (QED) is 0.918. The summed E-state index contributed by atoms with van der Waals surface area (Å²) >= 11 is 0. The van der Waals surface area contributed by atoms with Crippen LogP contribution in [-0.4, -0.2) is 11.9 Å². The van der Waals surface area contributed by atoms with E-state index in [0.29, 0.717) is 11.7 Å². The Bertz CT molecular complexity index is 717. The third-order valence-corrected chi connectivity index (χ3v) is 5.69. The zero-order chi connectivity index (χ0) is 15.3. The van der Waals surface area contributed by atoms with Gasteiger partial charge in [-0.2, -0.15) is 0 Å². The number of benzene rings is 1. The van der Waals surface area contributed by atoms with Crippen molar-refractivity contribution < 1.29 is 9.21 Å². The first kappa shape index (κ1) is 13.9. The first-order chi connectivity index (χ1) is 10.6. The summed E-state index contributed by atoms with van der Waals surface area (Å²) in [5.74, 6) is 2.72. The van der Waals surface area contributed by atoms with E-state index >= 15 is 0 Å². The number of rotatable bonds is 3. The number of fused-ring (bicyclic) bond motifs is 3. The Morgan fingerprint density at radius 2 is 2.14 bits per heavy atom. The van der Waals surface area contributed by atoms with Crippen molar-refractivity contribution in [3.63, 3.8) is 0 Å². The minimum atomic E-state index is -0.0795. The number of amides is 1. The van der Waals surface area contributed by atoms with Crippen LogP contribution >= 0.6 is 0 Å². The molecular weight excluding hydrogens is 274 g/mol. The molecule has 4 rings (SSSR count). The summed E-state index contributed by atoms with van der Waals surface area (Å²) in [4.78, 5) is 12.5. The van der Waals surface area contributed by atoms with Crippen LogP contribution in [0.4, 0.5) is 0 Å². The third kappa shape index (κ3) is 2.33. The molecule has 3 nitrogen and oxygen atoms in total. The van der Waals surface area contributed by atoms with Gasteiger partial charge in [0.15, 0.2) is 5.76 Å². The van der Waals surface area contributed by atoms with Gasteiger partial charge in [-0.25, -0.2) is 0 Å². The Labute approximate surface area is 131 Å². The van der Waals surface area contributed by atoms with Gasteiger partial charge in [-0.15, -0.1) is 0 Å². The van der Waals surface area contributed by atoms with Gasteiger partial charge in [-0.3, -0.25) is 4.79 Å². The highest BCUT2D eigenvalue weighted by molar-refractivity contribution is 5.96. The molecule has 2 aromatic rings. The molecule has 1 aromatic heterocycles. The van der Waals surface area contributed by atoms with Crippen molar-refractivity contribution in [1.29, 1.82) is 0 Å². The SMILES string of the molecule is Cc1ccc2cc(C(=O)NC(C)C3CC4CCC3C4)oc2c1. The fourth-order valence-corrected chi connectivity index (χ4v) is 4.54. The molecule has 22 heavy (non-hydrogen) atoms. The average molecular weight is 297 g/mol. The van der Waals surface area contributed by atoms with Gasteiger partial charge in [0.05, 0.1) is 0 Å². The molecule has 0 radical (unpaired) electrons. The number of carbonyl (C=O) groups excluding carboxylic acids is 1. The molecule has 1 aromatic carbocycles. The third-order valence-electron chi connectivity index (χ3n) is 5.69. The first-order valence-corrected chi connectivity index (χ1v) is 8.41. The van der Waals surface area contributed by atoms with E-state index in [2.05, 4.69) is 12.2 Å². The highest BCUT2D eigenvalue weighted by atomic mass is 16.3. The predicted molar refractivity (Wildman–Crippen MR) is 86.8 cm³/mol. The van der Waals surface area contributed by atoms with Crippen LogP contribution in [0.15, 0.2) is 28.7 Å². The van der Waals surface area contributed by atoms with Crippen LogP contribution in [0.3, 0.4) is 0 Å². The topological polar surface area (TPSA) is 42.2 Å². The maximum atomic E-state index is 12.5. The monoisotopic (exact) mass is 297 g/mol. The average Bonchev–Trinajstić information content (AvgIpc) is 3.20. The van der Waals surface area contributed by atoms with E-state index < -0.39 is 0 Å². The van der Waals surface area contributed by atoms with Crippen LogP contribution in [0.5, 0.6) is 0 Å². The van der Waals surface area contributed by atoms with Crippen LogP contribution in [0, 0.1) is 24.7 Å². The zero-order valence-electron chi connectivity index (χ0n) is 13.3. The van der Waals surface area contributed by atoms with Crippen LogP contribution in [-0.2, 0) is 0 Å². The van der Waals surface area contributed by atoms with E-state index in [-0.39, 0.29) is 11.9 Å². The summed E-state index contributed by atoms with van der Waals surface area (Å²) in [6, 6.07) is 8.10. The van der Waals surface area contributed by atoms with E-state index in [0.717, 1.165) is 28.4 Å². The number of hydrogen-bond donors (Lipinski definition) is 1. The molecular formula is C19H23NO2. The number of aryl methyl sites for hydroxylation is 1. The van der Waals surface area contributed by atoms with Crippen molar-refractivity contribution in [1.82, 2.24) is 5.32 Å². The lowest BCUT2D eigenvalue weighted by molar-refractivity contribution is 0.0889. The molecule has 2 fully saturated rings. The molecule has 1 amide bonds. The fraction of sp³-hybridized carbons (Fsp3) is 0.526. The van der Waals surface area contributed by atoms with Gasteiger partial charge >= 0.3 is 0 Å². The van der Waals surface area contributed by atoms with E-state index in [1.54, 1.807) is 0 Å². The van der Waals surface area contributed by atoms with Crippen molar-refractivity contribution >= 4 is 16.9 Å². The largest absolute Gasteiger partial charge is 0.451 e. The lowest BCUT2D eigenvalue weighted by Crippen LogP contribution is -2.39. The zero-order valence-corrected chi connectivity index (χ0v) is 13.3. The molecule has 1 heterocycles. The number of carbonyl (C=O) groups is 1. The molecule has 2 bridgehead atoms. The summed E-state index contributed by atoms with van der Waals surface area (Å²) in [7, 11) is 0. The molecule has 4 unspecified atom stereocenters. The molecule has 0 aliphatic heterocycles. The van der Waals surface area contributed by atoms with Crippen LogP contribution in [0.25, 0.3) is 11.0 Å². The summed E-state index contributed by atoms with van der Waals surface area (Å²) in [5, 5.41) is 4.16. The van der Waals surface area contributed by atoms with Gasteiger partial charge in [-0.1, -0.05) is 18.6 Å². The summed E-state index contributed by atoms with van der Waals surface area (Å²) in [6.07, 6.45) is 5.39. The highest BCUT2D eigenvalue weighted by Crippen LogP contribution is 2.49. The van der Waals surface area contributed by atoms with E-state index in [1.165, 1.54) is 25.7 Å². The van der Waals surface area contributed by atoms with Gasteiger partial charge in [-0.05, 0) is 68.6 Å². The minimum absolute atomic E-state index is 0.0795. The second-order valence-corrected chi connectivity index (χ2v) is 7.25. The number of furan rings is 1. The number of nitrogens with one attached hydrogen (secondary N) is 1. The van der Waals surface area contributed by atoms with Crippen LogP contribution in [0.1, 0.15) is 48.7 Å². The second-order valence-electron chi connectivity index (χ2n) is 7.25. The van der Waals surface area contributed by atoms with Crippen molar-refractivity contribution in [2.75, 3.05) is 0 Å². The Kier molecular flexibility index (Phi) is 3.24. The maximum absolute atomic E-state index is 12.5. The molecule has 116 valence electrons. The normalized spacial score (nSPS) is 28.2. The molecule has 0 spiro atoms. The van der Waals surface area contributed by atoms with E-state index in [9.17, 15) is 4.79 Å². The Balaban J connectivity index is 1.48. The molecule has 2 aliphatic rings. The summed E-state index contributed by atoms with van der Waals surface area (Å²) in [5.41, 5.74) is 1.93. The van der Waals surface area contributed by atoms with Crippen molar-refractivity contribution in [2.45, 2.75) is 45.6 Å². The van der Waals surface area contributed by atoms with Gasteiger partial charge in [0.1, 0.15) is 5.58 Å². The minimum Gasteiger partial charge on any atom is -0.451 e. The van der Waals surface area contributed by atoms with Crippen molar-refractivity contribution in [3.05, 3.63) is 35.6 Å². The molecule has 0 saturated heterocycles. The fourth-order valence-electron chi connectivity index (χ4n) is 4.54. The van der Waals surface area contributed by atoms with Crippen molar-refractivity contribution in [2.24, 2.45) is 17.8 Å². The van der Waals surface area contributed by atoms with Gasteiger partial charge < -0.3 is 9.73 Å². The Morgan fingerprint density at radius 3 is 2.86 bits per heavy atom. The van der Waals surface area contributed by atoms with Crippen LogP contribution < -0.4 is 5.32 Å². The van der Waals surface area contributed by atoms with Crippen molar-refractivity contribution in [3.8, 4) is 0 Å². The Morgan fingerprint density at radius 1 is 1.27 bits per heavy atom.